The highest BCUT2D eigenvalue weighted by Gasteiger charge is 2.42. The average Bonchev–Trinajstić information content (AvgIpc) is 3.37. The Kier molecular flexibility index (Phi) is 5.59. The van der Waals surface area contributed by atoms with Gasteiger partial charge in [-0.25, -0.2) is 4.98 Å². The first-order valence-corrected chi connectivity index (χ1v) is 12.6. The molecule has 2 unspecified atom stereocenters. The second kappa shape index (κ2) is 8.78. The standard InChI is InChI=1S/C26H30N4O5/c1-15-11-27-25(34-15)17-12-29(13-17)20-4-2-3-5-22(20)35-18-6-7-19-16(10-18)14-30(26(19)33)21-8-9-23(31)28-24(21)32/h6-7,10-11,17,20-22H,2-5,8-9,12-14H2,1H3,(H,28,31,32)/t20?,21?,22-/m0/s1. The largest absolute Gasteiger partial charge is 0.489 e. The molecule has 3 atom stereocenters. The molecule has 3 amide bonds. The molecule has 6 rings (SSSR count). The quantitative estimate of drug-likeness (QED) is 0.659. The normalized spacial score (nSPS) is 27.5. The van der Waals surface area contributed by atoms with Gasteiger partial charge in [-0.1, -0.05) is 6.42 Å². The molecule has 1 aromatic heterocycles. The van der Waals surface area contributed by atoms with Gasteiger partial charge in [-0.15, -0.1) is 0 Å². The first-order chi connectivity index (χ1) is 17.0. The number of aryl methyl sites for hydroxylation is 1. The number of benzene rings is 1. The highest BCUT2D eigenvalue weighted by Crippen LogP contribution is 2.36. The third-order valence-electron chi connectivity index (χ3n) is 7.82. The van der Waals surface area contributed by atoms with Crippen molar-refractivity contribution in [3.63, 3.8) is 0 Å². The molecule has 0 spiro atoms. The molecule has 9 nitrogen and oxygen atoms in total. The number of nitrogens with one attached hydrogen (secondary N) is 1. The van der Waals surface area contributed by atoms with Crippen molar-refractivity contribution < 1.29 is 23.5 Å². The molecule has 35 heavy (non-hydrogen) atoms. The van der Waals surface area contributed by atoms with Gasteiger partial charge in [0.2, 0.25) is 11.8 Å². The predicted octanol–water partition coefficient (Wildman–Crippen LogP) is 2.53. The molecule has 4 aliphatic rings. The van der Waals surface area contributed by atoms with Crippen LogP contribution in [0.1, 0.15) is 72.0 Å². The number of fused-ring (bicyclic) bond motifs is 1. The summed E-state index contributed by atoms with van der Waals surface area (Å²) in [7, 11) is 0. The summed E-state index contributed by atoms with van der Waals surface area (Å²) < 4.78 is 12.2. The molecule has 3 aliphatic heterocycles. The summed E-state index contributed by atoms with van der Waals surface area (Å²) in [4.78, 5) is 45.2. The maximum Gasteiger partial charge on any atom is 0.255 e. The van der Waals surface area contributed by atoms with Crippen molar-refractivity contribution in [2.75, 3.05) is 13.1 Å². The van der Waals surface area contributed by atoms with Gasteiger partial charge < -0.3 is 14.1 Å². The van der Waals surface area contributed by atoms with Crippen molar-refractivity contribution in [1.82, 2.24) is 20.1 Å². The zero-order valence-electron chi connectivity index (χ0n) is 19.9. The summed E-state index contributed by atoms with van der Waals surface area (Å²) in [5.41, 5.74) is 1.47. The maximum atomic E-state index is 13.0. The van der Waals surface area contributed by atoms with Gasteiger partial charge in [0.05, 0.1) is 12.1 Å². The van der Waals surface area contributed by atoms with Crippen LogP contribution in [0.15, 0.2) is 28.8 Å². The Morgan fingerprint density at radius 3 is 2.71 bits per heavy atom. The second-order valence-electron chi connectivity index (χ2n) is 10.2. The molecule has 184 valence electrons. The van der Waals surface area contributed by atoms with Gasteiger partial charge in [-0.2, -0.15) is 0 Å². The Morgan fingerprint density at radius 1 is 1.11 bits per heavy atom. The number of oxazole rings is 1. The van der Waals surface area contributed by atoms with Crippen molar-refractivity contribution in [3.05, 3.63) is 47.2 Å². The number of amides is 3. The van der Waals surface area contributed by atoms with Crippen LogP contribution in [0.5, 0.6) is 5.75 Å². The van der Waals surface area contributed by atoms with E-state index in [4.69, 9.17) is 9.15 Å². The van der Waals surface area contributed by atoms with E-state index in [1.165, 1.54) is 6.42 Å². The molecule has 1 saturated carbocycles. The fourth-order valence-electron chi connectivity index (χ4n) is 5.93. The molecule has 2 aromatic rings. The van der Waals surface area contributed by atoms with E-state index in [0.29, 0.717) is 30.5 Å². The number of carbonyl (C=O) groups is 3. The Hall–Kier alpha value is -3.20. The van der Waals surface area contributed by atoms with Crippen LogP contribution in [-0.4, -0.2) is 63.8 Å². The summed E-state index contributed by atoms with van der Waals surface area (Å²) in [6.07, 6.45) is 6.94. The lowest BCUT2D eigenvalue weighted by Gasteiger charge is -2.47. The van der Waals surface area contributed by atoms with Gasteiger partial charge in [0.1, 0.15) is 23.7 Å². The number of nitrogens with zero attached hydrogens (tertiary/aromatic N) is 3. The number of carbonyl (C=O) groups excluding carboxylic acids is 3. The zero-order chi connectivity index (χ0) is 24.1. The lowest BCUT2D eigenvalue weighted by Crippen LogP contribution is -2.57. The Morgan fingerprint density at radius 2 is 1.94 bits per heavy atom. The minimum atomic E-state index is -0.605. The topological polar surface area (TPSA) is 105 Å². The average molecular weight is 479 g/mol. The number of ether oxygens (including phenoxy) is 1. The van der Waals surface area contributed by atoms with E-state index < -0.39 is 11.9 Å². The van der Waals surface area contributed by atoms with E-state index in [9.17, 15) is 14.4 Å². The van der Waals surface area contributed by atoms with Crippen molar-refractivity contribution in [2.45, 2.75) is 76.1 Å². The van der Waals surface area contributed by atoms with Crippen LogP contribution in [0.4, 0.5) is 0 Å². The van der Waals surface area contributed by atoms with E-state index in [1.807, 2.05) is 19.1 Å². The lowest BCUT2D eigenvalue weighted by molar-refractivity contribution is -0.136. The Labute approximate surface area is 203 Å². The molecule has 2 saturated heterocycles. The molecule has 1 aromatic carbocycles. The first kappa shape index (κ1) is 22.3. The number of aromatic nitrogens is 1. The van der Waals surface area contributed by atoms with Crippen molar-refractivity contribution in [2.24, 2.45) is 0 Å². The monoisotopic (exact) mass is 478 g/mol. The van der Waals surface area contributed by atoms with Gasteiger partial charge in [-0.3, -0.25) is 24.6 Å². The summed E-state index contributed by atoms with van der Waals surface area (Å²) >= 11 is 0. The minimum absolute atomic E-state index is 0.0948. The first-order valence-electron chi connectivity index (χ1n) is 12.6. The molecule has 0 radical (unpaired) electrons. The van der Waals surface area contributed by atoms with Gasteiger partial charge in [0.25, 0.3) is 5.91 Å². The fraction of sp³-hybridized carbons (Fsp3) is 0.538. The van der Waals surface area contributed by atoms with E-state index in [1.54, 1.807) is 17.2 Å². The lowest BCUT2D eigenvalue weighted by atomic mass is 9.86. The molecule has 9 heteroatoms. The van der Waals surface area contributed by atoms with Gasteiger partial charge in [0, 0.05) is 37.7 Å². The number of imide groups is 1. The third kappa shape index (κ3) is 4.11. The molecular weight excluding hydrogens is 448 g/mol. The smallest absolute Gasteiger partial charge is 0.255 e. The number of hydrogen-bond acceptors (Lipinski definition) is 7. The summed E-state index contributed by atoms with van der Waals surface area (Å²) in [6.45, 7) is 4.15. The van der Waals surface area contributed by atoms with Gasteiger partial charge in [-0.05, 0) is 56.4 Å². The van der Waals surface area contributed by atoms with E-state index in [0.717, 1.165) is 55.3 Å². The van der Waals surface area contributed by atoms with E-state index in [-0.39, 0.29) is 24.3 Å². The summed E-state index contributed by atoms with van der Waals surface area (Å²) in [5, 5.41) is 2.35. The number of rotatable bonds is 5. The maximum absolute atomic E-state index is 13.0. The van der Waals surface area contributed by atoms with Crippen molar-refractivity contribution in [1.29, 1.82) is 0 Å². The van der Waals surface area contributed by atoms with E-state index >= 15 is 0 Å². The number of likely N-dealkylation sites (tertiary alicyclic amines) is 1. The number of hydrogen-bond donors (Lipinski definition) is 1. The fourth-order valence-corrected chi connectivity index (χ4v) is 5.93. The van der Waals surface area contributed by atoms with Gasteiger partial charge >= 0.3 is 0 Å². The molecule has 1 N–H and O–H groups in total. The summed E-state index contributed by atoms with van der Waals surface area (Å²) in [6, 6.07) is 5.36. The van der Waals surface area contributed by atoms with E-state index in [2.05, 4.69) is 15.2 Å². The minimum Gasteiger partial charge on any atom is -0.489 e. The molecule has 4 heterocycles. The van der Waals surface area contributed by atoms with Crippen molar-refractivity contribution in [3.8, 4) is 5.75 Å². The van der Waals surface area contributed by atoms with Crippen LogP contribution in [0.2, 0.25) is 0 Å². The van der Waals surface area contributed by atoms with Crippen LogP contribution in [0, 0.1) is 6.92 Å². The number of piperidine rings is 1. The third-order valence-corrected chi connectivity index (χ3v) is 7.82. The van der Waals surface area contributed by atoms with Crippen LogP contribution in [0.3, 0.4) is 0 Å². The SMILES string of the molecule is Cc1cnc(C2CN(C3CCCC[C@@H]3Oc3ccc4c(c3)CN(C3CCC(=O)NC3=O)C4=O)C2)o1. The van der Waals surface area contributed by atoms with Gasteiger partial charge in [0.15, 0.2) is 5.89 Å². The highest BCUT2D eigenvalue weighted by molar-refractivity contribution is 6.05. The molecule has 0 bridgehead atoms. The molecule has 1 aliphatic carbocycles. The predicted molar refractivity (Wildman–Crippen MR) is 125 cm³/mol. The van der Waals surface area contributed by atoms with Crippen LogP contribution < -0.4 is 10.1 Å². The Balaban J connectivity index is 1.12. The van der Waals surface area contributed by atoms with Crippen LogP contribution in [-0.2, 0) is 16.1 Å². The summed E-state index contributed by atoms with van der Waals surface area (Å²) in [5.74, 6) is 1.95. The Bertz CT molecular complexity index is 1170. The second-order valence-corrected chi connectivity index (χ2v) is 10.2. The molecular formula is C26H30N4O5. The van der Waals surface area contributed by atoms with Crippen LogP contribution >= 0.6 is 0 Å². The van der Waals surface area contributed by atoms with Crippen molar-refractivity contribution >= 4 is 17.7 Å². The zero-order valence-corrected chi connectivity index (χ0v) is 19.9. The highest BCUT2D eigenvalue weighted by atomic mass is 16.5. The van der Waals surface area contributed by atoms with Crippen LogP contribution in [0.25, 0.3) is 0 Å². The molecule has 3 fully saturated rings.